The van der Waals surface area contributed by atoms with E-state index < -0.39 is 17.3 Å². The van der Waals surface area contributed by atoms with Crippen LogP contribution >= 0.6 is 0 Å². The van der Waals surface area contributed by atoms with Crippen molar-refractivity contribution >= 4 is 11.6 Å². The number of hydrogen-bond donors (Lipinski definition) is 1. The van der Waals surface area contributed by atoms with Crippen molar-refractivity contribution in [3.8, 4) is 6.07 Å². The standard InChI is InChI=1S/C15H18F3N3O/c1-4-21(9-14(22)20-10(2)3)12-6-5-11(8-19)13(7-12)15(16,17)18/h5-7,10H,4,9H2,1-3H3,(H,20,22). The number of anilines is 1. The zero-order chi connectivity index (χ0) is 16.9. The molecule has 1 aromatic rings. The van der Waals surface area contributed by atoms with Crippen LogP contribution in [-0.2, 0) is 11.0 Å². The Balaban J connectivity index is 3.08. The van der Waals surface area contributed by atoms with Crippen molar-refractivity contribution in [3.05, 3.63) is 29.3 Å². The van der Waals surface area contributed by atoms with Gasteiger partial charge in [-0.1, -0.05) is 0 Å². The van der Waals surface area contributed by atoms with Crippen LogP contribution in [0.4, 0.5) is 18.9 Å². The molecule has 0 spiro atoms. The number of nitrogens with one attached hydrogen (secondary N) is 1. The number of carbonyl (C=O) groups is 1. The van der Waals surface area contributed by atoms with E-state index in [0.29, 0.717) is 6.54 Å². The minimum Gasteiger partial charge on any atom is -0.362 e. The van der Waals surface area contributed by atoms with Gasteiger partial charge in [-0.15, -0.1) is 0 Å². The van der Waals surface area contributed by atoms with Crippen LogP contribution in [-0.4, -0.2) is 25.0 Å². The fourth-order valence-electron chi connectivity index (χ4n) is 1.99. The molecule has 4 nitrogen and oxygen atoms in total. The number of carbonyl (C=O) groups excluding carboxylic acids is 1. The molecule has 1 amide bonds. The van der Waals surface area contributed by atoms with E-state index >= 15 is 0 Å². The number of nitrogens with zero attached hydrogens (tertiary/aromatic N) is 2. The van der Waals surface area contributed by atoms with Crippen molar-refractivity contribution < 1.29 is 18.0 Å². The summed E-state index contributed by atoms with van der Waals surface area (Å²) in [5.41, 5.74) is -1.16. The number of benzene rings is 1. The molecule has 0 aromatic heterocycles. The molecule has 0 fully saturated rings. The third-order valence-corrected chi connectivity index (χ3v) is 2.96. The summed E-state index contributed by atoms with van der Waals surface area (Å²) in [5.74, 6) is -0.269. The number of hydrogen-bond acceptors (Lipinski definition) is 3. The van der Waals surface area contributed by atoms with E-state index in [2.05, 4.69) is 5.32 Å². The molecule has 0 unspecified atom stereocenters. The van der Waals surface area contributed by atoms with Gasteiger partial charge in [-0.05, 0) is 39.0 Å². The maximum Gasteiger partial charge on any atom is 0.417 e. The van der Waals surface area contributed by atoms with Crippen LogP contribution in [0.5, 0.6) is 0 Å². The highest BCUT2D eigenvalue weighted by Gasteiger charge is 2.34. The first kappa shape index (κ1) is 17.8. The van der Waals surface area contributed by atoms with E-state index in [4.69, 9.17) is 5.26 Å². The number of nitriles is 1. The van der Waals surface area contributed by atoms with E-state index in [9.17, 15) is 18.0 Å². The number of amides is 1. The van der Waals surface area contributed by atoms with Gasteiger partial charge in [0.2, 0.25) is 5.91 Å². The summed E-state index contributed by atoms with van der Waals surface area (Å²) >= 11 is 0. The van der Waals surface area contributed by atoms with Gasteiger partial charge in [-0.3, -0.25) is 4.79 Å². The van der Waals surface area contributed by atoms with Crippen LogP contribution in [0, 0.1) is 11.3 Å². The first-order valence-corrected chi connectivity index (χ1v) is 6.84. The van der Waals surface area contributed by atoms with Crippen molar-refractivity contribution in [1.82, 2.24) is 5.32 Å². The lowest BCUT2D eigenvalue weighted by atomic mass is 10.1. The maximum absolute atomic E-state index is 13.0. The first-order valence-electron chi connectivity index (χ1n) is 6.84. The van der Waals surface area contributed by atoms with E-state index in [1.807, 2.05) is 0 Å². The quantitative estimate of drug-likeness (QED) is 0.909. The van der Waals surface area contributed by atoms with Gasteiger partial charge in [0.25, 0.3) is 0 Å². The second-order valence-corrected chi connectivity index (χ2v) is 5.08. The van der Waals surface area contributed by atoms with Crippen molar-refractivity contribution in [2.75, 3.05) is 18.0 Å². The third kappa shape index (κ3) is 4.65. The molecular weight excluding hydrogens is 295 g/mol. The van der Waals surface area contributed by atoms with Crippen LogP contribution in [0.1, 0.15) is 31.9 Å². The average molecular weight is 313 g/mol. The molecule has 0 aliphatic heterocycles. The lowest BCUT2D eigenvalue weighted by Gasteiger charge is -2.24. The lowest BCUT2D eigenvalue weighted by molar-refractivity contribution is -0.137. The molecule has 0 saturated heterocycles. The molecule has 120 valence electrons. The predicted molar refractivity (Wildman–Crippen MR) is 77.3 cm³/mol. The Morgan fingerprint density at radius 1 is 1.41 bits per heavy atom. The first-order chi connectivity index (χ1) is 10.2. The molecule has 0 bridgehead atoms. The number of rotatable bonds is 5. The molecule has 0 aliphatic rings. The van der Waals surface area contributed by atoms with Gasteiger partial charge in [-0.25, -0.2) is 0 Å². The zero-order valence-corrected chi connectivity index (χ0v) is 12.7. The van der Waals surface area contributed by atoms with Crippen LogP contribution in [0.2, 0.25) is 0 Å². The zero-order valence-electron chi connectivity index (χ0n) is 12.7. The molecule has 0 aliphatic carbocycles. The van der Waals surface area contributed by atoms with Crippen LogP contribution in [0.15, 0.2) is 18.2 Å². The van der Waals surface area contributed by atoms with Crippen LogP contribution < -0.4 is 10.2 Å². The molecule has 1 aromatic carbocycles. The summed E-state index contributed by atoms with van der Waals surface area (Å²) in [6.07, 6.45) is -4.61. The predicted octanol–water partition coefficient (Wildman–Crippen LogP) is 2.93. The Bertz CT molecular complexity index is 576. The van der Waals surface area contributed by atoms with E-state index in [0.717, 1.165) is 12.1 Å². The lowest BCUT2D eigenvalue weighted by Crippen LogP contribution is -2.40. The molecule has 0 heterocycles. The van der Waals surface area contributed by atoms with Crippen molar-refractivity contribution in [2.24, 2.45) is 0 Å². The summed E-state index contributed by atoms with van der Waals surface area (Å²) in [4.78, 5) is 13.3. The third-order valence-electron chi connectivity index (χ3n) is 2.96. The van der Waals surface area contributed by atoms with E-state index in [-0.39, 0.29) is 24.2 Å². The Morgan fingerprint density at radius 3 is 2.50 bits per heavy atom. The summed E-state index contributed by atoms with van der Waals surface area (Å²) < 4.78 is 38.9. The number of halogens is 3. The van der Waals surface area contributed by atoms with Crippen LogP contribution in [0.25, 0.3) is 0 Å². The van der Waals surface area contributed by atoms with Gasteiger partial charge < -0.3 is 10.2 Å². The maximum atomic E-state index is 13.0. The molecule has 22 heavy (non-hydrogen) atoms. The highest BCUT2D eigenvalue weighted by atomic mass is 19.4. The number of alkyl halides is 3. The van der Waals surface area contributed by atoms with E-state index in [1.165, 1.54) is 17.0 Å². The minimum atomic E-state index is -4.61. The monoisotopic (exact) mass is 313 g/mol. The molecule has 0 radical (unpaired) electrons. The minimum absolute atomic E-state index is 0.0436. The fourth-order valence-corrected chi connectivity index (χ4v) is 1.99. The summed E-state index contributed by atoms with van der Waals surface area (Å²) in [5, 5.41) is 11.5. The Morgan fingerprint density at radius 2 is 2.05 bits per heavy atom. The number of likely N-dealkylation sites (N-methyl/N-ethyl adjacent to an activating group) is 1. The van der Waals surface area contributed by atoms with E-state index in [1.54, 1.807) is 20.8 Å². The Labute approximate surface area is 127 Å². The highest BCUT2D eigenvalue weighted by Crippen LogP contribution is 2.34. The molecule has 1 rings (SSSR count). The molecule has 0 saturated carbocycles. The fraction of sp³-hybridized carbons (Fsp3) is 0.467. The van der Waals surface area contributed by atoms with Gasteiger partial charge >= 0.3 is 6.18 Å². The molecular formula is C15H18F3N3O. The average Bonchev–Trinajstić information content (AvgIpc) is 2.42. The summed E-state index contributed by atoms with van der Waals surface area (Å²) in [7, 11) is 0. The topological polar surface area (TPSA) is 56.1 Å². The largest absolute Gasteiger partial charge is 0.417 e. The second kappa shape index (κ2) is 7.16. The molecule has 7 heteroatoms. The van der Waals surface area contributed by atoms with Gasteiger partial charge in [-0.2, -0.15) is 18.4 Å². The Kier molecular flexibility index (Phi) is 5.80. The normalized spacial score (nSPS) is 11.2. The summed E-state index contributed by atoms with van der Waals surface area (Å²) in [6, 6.07) is 4.94. The SMILES string of the molecule is CCN(CC(=O)NC(C)C)c1ccc(C#N)c(C(F)(F)F)c1. The van der Waals surface area contributed by atoms with Gasteiger partial charge in [0.1, 0.15) is 0 Å². The smallest absolute Gasteiger partial charge is 0.362 e. The second-order valence-electron chi connectivity index (χ2n) is 5.08. The van der Waals surface area contributed by atoms with Crippen molar-refractivity contribution in [2.45, 2.75) is 33.0 Å². The van der Waals surface area contributed by atoms with Crippen molar-refractivity contribution in [1.29, 1.82) is 5.26 Å². The summed E-state index contributed by atoms with van der Waals surface area (Å²) in [6.45, 7) is 5.68. The molecule has 1 N–H and O–H groups in total. The van der Waals surface area contributed by atoms with Gasteiger partial charge in [0, 0.05) is 18.3 Å². The highest BCUT2D eigenvalue weighted by molar-refractivity contribution is 5.81. The molecule has 0 atom stereocenters. The van der Waals surface area contributed by atoms with Crippen LogP contribution in [0.3, 0.4) is 0 Å². The van der Waals surface area contributed by atoms with Gasteiger partial charge in [0.05, 0.1) is 23.7 Å². The van der Waals surface area contributed by atoms with Crippen molar-refractivity contribution in [3.63, 3.8) is 0 Å². The van der Waals surface area contributed by atoms with Gasteiger partial charge in [0.15, 0.2) is 0 Å². The Hall–Kier alpha value is -2.23.